The highest BCUT2D eigenvalue weighted by Crippen LogP contribution is 2.28. The third-order valence-electron chi connectivity index (χ3n) is 3.04. The average molecular weight is 279 g/mol. The molecular formula is C14H19ClN4. The van der Waals surface area contributed by atoms with Crippen LogP contribution in [0.4, 0.5) is 0 Å². The van der Waals surface area contributed by atoms with Crippen LogP contribution in [0.25, 0.3) is 0 Å². The van der Waals surface area contributed by atoms with Crippen LogP contribution in [0.15, 0.2) is 30.7 Å². The number of hydrogen-bond donors (Lipinski definition) is 1. The van der Waals surface area contributed by atoms with E-state index < -0.39 is 0 Å². The fourth-order valence-electron chi connectivity index (χ4n) is 2.13. The molecular weight excluding hydrogens is 260 g/mol. The zero-order chi connectivity index (χ0) is 13.7. The molecule has 1 unspecified atom stereocenters. The normalized spacial score (nSPS) is 12.6. The summed E-state index contributed by atoms with van der Waals surface area (Å²) < 4.78 is 1.94. The van der Waals surface area contributed by atoms with E-state index in [0.29, 0.717) is 5.02 Å². The van der Waals surface area contributed by atoms with Gasteiger partial charge in [0.1, 0.15) is 0 Å². The van der Waals surface area contributed by atoms with Gasteiger partial charge in [0.25, 0.3) is 0 Å². The van der Waals surface area contributed by atoms with E-state index in [1.807, 2.05) is 16.8 Å². The molecule has 0 aliphatic rings. The molecule has 0 radical (unpaired) electrons. The van der Waals surface area contributed by atoms with Crippen molar-refractivity contribution in [1.82, 2.24) is 20.1 Å². The Morgan fingerprint density at radius 2 is 2.05 bits per heavy atom. The molecule has 2 aromatic heterocycles. The lowest BCUT2D eigenvalue weighted by Crippen LogP contribution is -2.26. The lowest BCUT2D eigenvalue weighted by Gasteiger charge is -2.20. The lowest BCUT2D eigenvalue weighted by atomic mass is 10.0. The number of nitrogens with one attached hydrogen (secondary N) is 1. The fraction of sp³-hybridized carbons (Fsp3) is 0.429. The van der Waals surface area contributed by atoms with E-state index in [1.54, 1.807) is 18.6 Å². The Balaban J connectivity index is 2.40. The summed E-state index contributed by atoms with van der Waals surface area (Å²) in [6, 6.07) is 4.07. The Labute approximate surface area is 118 Å². The van der Waals surface area contributed by atoms with E-state index in [1.165, 1.54) is 0 Å². The third-order valence-corrected chi connectivity index (χ3v) is 3.34. The zero-order valence-electron chi connectivity index (χ0n) is 11.3. The number of rotatable bonds is 6. The van der Waals surface area contributed by atoms with Gasteiger partial charge in [-0.05, 0) is 37.6 Å². The van der Waals surface area contributed by atoms with E-state index in [-0.39, 0.29) is 6.04 Å². The van der Waals surface area contributed by atoms with Gasteiger partial charge in [-0.3, -0.25) is 9.67 Å². The lowest BCUT2D eigenvalue weighted by molar-refractivity contribution is 0.529. The van der Waals surface area contributed by atoms with Crippen LogP contribution < -0.4 is 5.32 Å². The number of pyridine rings is 1. The maximum atomic E-state index is 6.31. The molecule has 0 saturated carbocycles. The van der Waals surface area contributed by atoms with Gasteiger partial charge in [0.05, 0.1) is 23.0 Å². The number of aromatic nitrogens is 3. The standard InChI is InChI=1S/C14H19ClN4/c1-3-7-17-13(11-5-8-16-9-6-11)14-12(15)10-18-19(14)4-2/h5-6,8-10,13,17H,3-4,7H2,1-2H3. The van der Waals surface area contributed by atoms with Crippen LogP contribution in [0.5, 0.6) is 0 Å². The summed E-state index contributed by atoms with van der Waals surface area (Å²) in [7, 11) is 0. The van der Waals surface area contributed by atoms with Crippen LogP contribution in [-0.2, 0) is 6.54 Å². The van der Waals surface area contributed by atoms with Crippen molar-refractivity contribution in [2.45, 2.75) is 32.9 Å². The Kier molecular flexibility index (Phi) is 4.93. The minimum absolute atomic E-state index is 0.0536. The van der Waals surface area contributed by atoms with Crippen molar-refractivity contribution in [3.05, 3.63) is 47.0 Å². The molecule has 102 valence electrons. The third kappa shape index (κ3) is 3.14. The van der Waals surface area contributed by atoms with Crippen LogP contribution in [-0.4, -0.2) is 21.3 Å². The minimum atomic E-state index is 0.0536. The van der Waals surface area contributed by atoms with Crippen LogP contribution in [0.1, 0.15) is 37.6 Å². The minimum Gasteiger partial charge on any atom is -0.305 e. The first-order valence-corrected chi connectivity index (χ1v) is 7.00. The van der Waals surface area contributed by atoms with Crippen molar-refractivity contribution in [1.29, 1.82) is 0 Å². The fourth-order valence-corrected chi connectivity index (χ4v) is 2.38. The van der Waals surface area contributed by atoms with E-state index >= 15 is 0 Å². The first kappa shape index (κ1) is 14.0. The van der Waals surface area contributed by atoms with E-state index in [0.717, 1.165) is 30.8 Å². The highest BCUT2D eigenvalue weighted by Gasteiger charge is 2.20. The molecule has 0 aliphatic heterocycles. The Bertz CT molecular complexity index is 509. The van der Waals surface area contributed by atoms with Crippen LogP contribution in [0.2, 0.25) is 5.02 Å². The molecule has 2 heterocycles. The molecule has 0 spiro atoms. The summed E-state index contributed by atoms with van der Waals surface area (Å²) >= 11 is 6.31. The predicted molar refractivity (Wildman–Crippen MR) is 77.3 cm³/mol. The smallest absolute Gasteiger partial charge is 0.0837 e. The molecule has 0 saturated heterocycles. The predicted octanol–water partition coefficient (Wildman–Crippen LogP) is 3.04. The second kappa shape index (κ2) is 6.68. The van der Waals surface area contributed by atoms with E-state index in [9.17, 15) is 0 Å². The van der Waals surface area contributed by atoms with Gasteiger partial charge in [-0.15, -0.1) is 0 Å². The summed E-state index contributed by atoms with van der Waals surface area (Å²) in [6.07, 6.45) is 6.38. The van der Waals surface area contributed by atoms with Crippen molar-refractivity contribution in [2.24, 2.45) is 0 Å². The summed E-state index contributed by atoms with van der Waals surface area (Å²) in [6.45, 7) is 5.95. The molecule has 0 aromatic carbocycles. The van der Waals surface area contributed by atoms with Crippen molar-refractivity contribution < 1.29 is 0 Å². The Hall–Kier alpha value is -1.39. The molecule has 0 amide bonds. The van der Waals surface area contributed by atoms with Gasteiger partial charge < -0.3 is 5.32 Å². The van der Waals surface area contributed by atoms with Gasteiger partial charge in [0, 0.05) is 18.9 Å². The van der Waals surface area contributed by atoms with Gasteiger partial charge in [0.15, 0.2) is 0 Å². The molecule has 2 aromatic rings. The SMILES string of the molecule is CCCNC(c1ccncc1)c1c(Cl)cnn1CC. The molecule has 1 N–H and O–H groups in total. The number of halogens is 1. The largest absolute Gasteiger partial charge is 0.305 e. The van der Waals surface area contributed by atoms with Crippen molar-refractivity contribution >= 4 is 11.6 Å². The van der Waals surface area contributed by atoms with Crippen LogP contribution in [0, 0.1) is 0 Å². The molecule has 4 nitrogen and oxygen atoms in total. The van der Waals surface area contributed by atoms with E-state index in [4.69, 9.17) is 11.6 Å². The zero-order valence-corrected chi connectivity index (χ0v) is 12.1. The summed E-state index contributed by atoms with van der Waals surface area (Å²) in [4.78, 5) is 4.07. The Morgan fingerprint density at radius 1 is 1.32 bits per heavy atom. The molecule has 0 fully saturated rings. The molecule has 5 heteroatoms. The number of aryl methyl sites for hydroxylation is 1. The summed E-state index contributed by atoms with van der Waals surface area (Å²) in [5.74, 6) is 0. The highest BCUT2D eigenvalue weighted by molar-refractivity contribution is 6.31. The van der Waals surface area contributed by atoms with Gasteiger partial charge in [-0.2, -0.15) is 5.10 Å². The van der Waals surface area contributed by atoms with Gasteiger partial charge in [-0.25, -0.2) is 0 Å². The first-order valence-electron chi connectivity index (χ1n) is 6.62. The van der Waals surface area contributed by atoms with Gasteiger partial charge >= 0.3 is 0 Å². The Morgan fingerprint density at radius 3 is 2.68 bits per heavy atom. The summed E-state index contributed by atoms with van der Waals surface area (Å²) in [5, 5.41) is 8.55. The maximum absolute atomic E-state index is 6.31. The van der Waals surface area contributed by atoms with E-state index in [2.05, 4.69) is 29.2 Å². The van der Waals surface area contributed by atoms with Gasteiger partial charge in [0.2, 0.25) is 0 Å². The van der Waals surface area contributed by atoms with Crippen LogP contribution in [0.3, 0.4) is 0 Å². The van der Waals surface area contributed by atoms with Crippen molar-refractivity contribution in [2.75, 3.05) is 6.54 Å². The monoisotopic (exact) mass is 278 g/mol. The molecule has 0 bridgehead atoms. The molecule has 1 atom stereocenters. The van der Waals surface area contributed by atoms with Crippen molar-refractivity contribution in [3.63, 3.8) is 0 Å². The topological polar surface area (TPSA) is 42.7 Å². The molecule has 0 aliphatic carbocycles. The second-order valence-electron chi connectivity index (χ2n) is 4.36. The van der Waals surface area contributed by atoms with Crippen molar-refractivity contribution in [3.8, 4) is 0 Å². The average Bonchev–Trinajstić information content (AvgIpc) is 2.82. The van der Waals surface area contributed by atoms with Gasteiger partial charge in [-0.1, -0.05) is 18.5 Å². The second-order valence-corrected chi connectivity index (χ2v) is 4.77. The summed E-state index contributed by atoms with van der Waals surface area (Å²) in [5.41, 5.74) is 2.17. The molecule has 19 heavy (non-hydrogen) atoms. The number of nitrogens with zero attached hydrogens (tertiary/aromatic N) is 3. The highest BCUT2D eigenvalue weighted by atomic mass is 35.5. The first-order chi connectivity index (χ1) is 9.27. The van der Waals surface area contributed by atoms with Crippen LogP contribution >= 0.6 is 11.6 Å². The number of hydrogen-bond acceptors (Lipinski definition) is 3. The molecule has 2 rings (SSSR count). The quantitative estimate of drug-likeness (QED) is 0.883. The maximum Gasteiger partial charge on any atom is 0.0837 e.